The number of nitrogens with one attached hydrogen (secondary N) is 1. The number of rotatable bonds is 4. The van der Waals surface area contributed by atoms with Gasteiger partial charge in [0, 0.05) is 5.70 Å². The Kier molecular flexibility index (Phi) is 4.10. The summed E-state index contributed by atoms with van der Waals surface area (Å²) in [5, 5.41) is 0.977. The van der Waals surface area contributed by atoms with Gasteiger partial charge in [0.25, 0.3) is 10.0 Å². The molecular weight excluding hydrogens is 377 g/mol. The third kappa shape index (κ3) is 3.31. The Morgan fingerprint density at radius 2 is 1.64 bits per heavy atom. The number of hydrogen-bond acceptors (Lipinski definition) is 2. The molecule has 2 aromatic rings. The summed E-state index contributed by atoms with van der Waals surface area (Å²) in [6.07, 6.45) is 3.90. The van der Waals surface area contributed by atoms with E-state index in [0.717, 1.165) is 42.5 Å². The molecule has 4 rings (SSSR count). The molecule has 1 spiro atoms. The number of hydrogen-bond donors (Lipinski definition) is 1. The fourth-order valence-corrected chi connectivity index (χ4v) is 4.89. The minimum Gasteiger partial charge on any atom is -0.283 e. The summed E-state index contributed by atoms with van der Waals surface area (Å²) in [6.45, 7) is 0. The highest BCUT2D eigenvalue weighted by Crippen LogP contribution is 2.61. The number of halogens is 2. The van der Waals surface area contributed by atoms with Gasteiger partial charge in [-0.2, -0.15) is 0 Å². The first-order valence-corrected chi connectivity index (χ1v) is 10.4. The van der Waals surface area contributed by atoms with Crippen LogP contribution in [0, 0.1) is 5.41 Å². The van der Waals surface area contributed by atoms with Gasteiger partial charge in [-0.25, -0.2) is 8.42 Å². The molecule has 2 aliphatic rings. The van der Waals surface area contributed by atoms with Gasteiger partial charge in [0.2, 0.25) is 0 Å². The molecule has 0 aromatic heterocycles. The lowest BCUT2D eigenvalue weighted by molar-refractivity contribution is 0.543. The van der Waals surface area contributed by atoms with Crippen LogP contribution in [-0.4, -0.2) is 8.42 Å². The van der Waals surface area contributed by atoms with Gasteiger partial charge in [-0.3, -0.25) is 4.72 Å². The van der Waals surface area contributed by atoms with Crippen molar-refractivity contribution in [3.05, 3.63) is 69.8 Å². The van der Waals surface area contributed by atoms with Crippen molar-refractivity contribution < 1.29 is 8.42 Å². The van der Waals surface area contributed by atoms with E-state index in [1.54, 1.807) is 36.4 Å². The van der Waals surface area contributed by atoms with E-state index in [-0.39, 0.29) is 10.3 Å². The number of allylic oxidation sites excluding steroid dienone is 2. The van der Waals surface area contributed by atoms with Crippen molar-refractivity contribution in [3.63, 3.8) is 0 Å². The maximum Gasteiger partial charge on any atom is 0.261 e. The Labute approximate surface area is 157 Å². The first-order valence-electron chi connectivity index (χ1n) is 8.14. The van der Waals surface area contributed by atoms with Crippen LogP contribution in [0.4, 0.5) is 0 Å². The molecule has 0 bridgehead atoms. The highest BCUT2D eigenvalue weighted by molar-refractivity contribution is 7.89. The fraction of sp³-hybridized carbons (Fsp3) is 0.263. The second kappa shape index (κ2) is 6.04. The first kappa shape index (κ1) is 17.0. The lowest BCUT2D eigenvalue weighted by atomic mass is 9.99. The summed E-state index contributed by atoms with van der Waals surface area (Å²) in [7, 11) is -3.59. The van der Waals surface area contributed by atoms with E-state index in [1.807, 2.05) is 12.1 Å². The molecule has 0 radical (unpaired) electrons. The molecule has 0 heterocycles. The predicted molar refractivity (Wildman–Crippen MR) is 101 cm³/mol. The SMILES string of the molecule is O=S(=O)(NC1=C(c2ccc(Cl)c(Cl)c2)CC2(CC2)C1)c1ccccc1. The van der Waals surface area contributed by atoms with Gasteiger partial charge in [-0.05, 0) is 66.5 Å². The van der Waals surface area contributed by atoms with Crippen molar-refractivity contribution in [2.24, 2.45) is 5.41 Å². The van der Waals surface area contributed by atoms with E-state index in [4.69, 9.17) is 23.2 Å². The molecule has 0 unspecified atom stereocenters. The Hall–Kier alpha value is -1.49. The molecule has 1 saturated carbocycles. The average molecular weight is 394 g/mol. The summed E-state index contributed by atoms with van der Waals surface area (Å²) >= 11 is 12.2. The van der Waals surface area contributed by atoms with Gasteiger partial charge < -0.3 is 0 Å². The van der Waals surface area contributed by atoms with E-state index in [0.29, 0.717) is 10.0 Å². The normalized spacial score (nSPS) is 18.6. The van der Waals surface area contributed by atoms with E-state index < -0.39 is 10.0 Å². The van der Waals surface area contributed by atoms with Crippen molar-refractivity contribution in [1.82, 2.24) is 4.72 Å². The third-order valence-electron chi connectivity index (χ3n) is 5.00. The molecule has 0 amide bonds. The van der Waals surface area contributed by atoms with E-state index in [2.05, 4.69) is 4.72 Å². The van der Waals surface area contributed by atoms with Gasteiger partial charge in [-0.1, -0.05) is 47.5 Å². The Morgan fingerprint density at radius 3 is 2.28 bits per heavy atom. The zero-order valence-corrected chi connectivity index (χ0v) is 15.8. The van der Waals surface area contributed by atoms with Crippen LogP contribution in [0.3, 0.4) is 0 Å². The molecule has 2 aliphatic carbocycles. The maximum absolute atomic E-state index is 12.7. The predicted octanol–water partition coefficient (Wildman–Crippen LogP) is 5.26. The van der Waals surface area contributed by atoms with E-state index >= 15 is 0 Å². The summed E-state index contributed by atoms with van der Waals surface area (Å²) in [5.74, 6) is 0. The van der Waals surface area contributed by atoms with Crippen molar-refractivity contribution in [2.75, 3.05) is 0 Å². The van der Waals surface area contributed by atoms with Gasteiger partial charge in [0.15, 0.2) is 0 Å². The zero-order valence-electron chi connectivity index (χ0n) is 13.4. The average Bonchev–Trinajstić information content (AvgIpc) is 3.25. The molecule has 6 heteroatoms. The van der Waals surface area contributed by atoms with E-state index in [1.165, 1.54) is 0 Å². The largest absolute Gasteiger partial charge is 0.283 e. The highest BCUT2D eigenvalue weighted by Gasteiger charge is 2.49. The molecule has 0 atom stereocenters. The van der Waals surface area contributed by atoms with Gasteiger partial charge in [0.05, 0.1) is 14.9 Å². The molecule has 130 valence electrons. The van der Waals surface area contributed by atoms with Crippen molar-refractivity contribution >= 4 is 38.8 Å². The smallest absolute Gasteiger partial charge is 0.261 e. The fourth-order valence-electron chi connectivity index (χ4n) is 3.43. The van der Waals surface area contributed by atoms with E-state index in [9.17, 15) is 8.42 Å². The molecule has 3 nitrogen and oxygen atoms in total. The Bertz CT molecular complexity index is 964. The summed E-state index contributed by atoms with van der Waals surface area (Å²) in [6, 6.07) is 13.9. The van der Waals surface area contributed by atoms with Gasteiger partial charge in [0.1, 0.15) is 0 Å². The topological polar surface area (TPSA) is 46.2 Å². The van der Waals surface area contributed by atoms with Crippen LogP contribution in [0.25, 0.3) is 5.57 Å². The summed E-state index contributed by atoms with van der Waals surface area (Å²) < 4.78 is 28.3. The van der Waals surface area contributed by atoms with Crippen LogP contribution in [0.2, 0.25) is 10.0 Å². The minimum absolute atomic E-state index is 0.218. The monoisotopic (exact) mass is 393 g/mol. The van der Waals surface area contributed by atoms with Crippen LogP contribution in [0.1, 0.15) is 31.2 Å². The highest BCUT2D eigenvalue weighted by atomic mass is 35.5. The van der Waals surface area contributed by atoms with Gasteiger partial charge in [-0.15, -0.1) is 0 Å². The van der Waals surface area contributed by atoms with Crippen molar-refractivity contribution in [3.8, 4) is 0 Å². The molecule has 0 saturated heterocycles. The lowest BCUT2D eigenvalue weighted by Crippen LogP contribution is -2.23. The number of benzene rings is 2. The van der Waals surface area contributed by atoms with Crippen LogP contribution in [-0.2, 0) is 10.0 Å². The standard InChI is InChI=1S/C19H17Cl2NO2S/c20-16-7-6-13(10-17(16)21)15-11-19(8-9-19)12-18(15)22-25(23,24)14-4-2-1-3-5-14/h1-7,10,22H,8-9,11-12H2. The van der Waals surface area contributed by atoms with Crippen LogP contribution in [0.15, 0.2) is 59.1 Å². The number of sulfonamides is 1. The molecular formula is C19H17Cl2NO2S. The Balaban J connectivity index is 1.72. The van der Waals surface area contributed by atoms with Crippen LogP contribution in [0.5, 0.6) is 0 Å². The molecule has 1 N–H and O–H groups in total. The first-order chi connectivity index (χ1) is 11.9. The zero-order chi connectivity index (χ0) is 17.7. The Morgan fingerprint density at radius 1 is 0.920 bits per heavy atom. The second-order valence-corrected chi connectivity index (χ2v) is 9.35. The lowest BCUT2D eigenvalue weighted by Gasteiger charge is -2.12. The van der Waals surface area contributed by atoms with Crippen LogP contribution >= 0.6 is 23.2 Å². The molecule has 0 aliphatic heterocycles. The minimum atomic E-state index is -3.59. The van der Waals surface area contributed by atoms with Crippen molar-refractivity contribution in [1.29, 1.82) is 0 Å². The van der Waals surface area contributed by atoms with Crippen molar-refractivity contribution in [2.45, 2.75) is 30.6 Å². The van der Waals surface area contributed by atoms with Gasteiger partial charge >= 0.3 is 0 Å². The summed E-state index contributed by atoms with van der Waals surface area (Å²) in [5.41, 5.74) is 2.95. The molecule has 25 heavy (non-hydrogen) atoms. The maximum atomic E-state index is 12.7. The van der Waals surface area contributed by atoms with Crippen LogP contribution < -0.4 is 4.72 Å². The third-order valence-corrected chi connectivity index (χ3v) is 7.15. The molecule has 2 aromatic carbocycles. The molecule has 1 fully saturated rings. The summed E-state index contributed by atoms with van der Waals surface area (Å²) in [4.78, 5) is 0.271. The quantitative estimate of drug-likeness (QED) is 0.769. The second-order valence-electron chi connectivity index (χ2n) is 6.86.